The number of aromatic nitrogens is 4. The molecule has 5 aromatic rings. The van der Waals surface area contributed by atoms with Crippen molar-refractivity contribution in [2.45, 2.75) is 75.5 Å². The molecule has 4 amide bonds. The number of alkyl carbamates (subject to hydrolysis) is 2. The Kier molecular flexibility index (Phi) is 12.9. The van der Waals surface area contributed by atoms with Gasteiger partial charge in [-0.2, -0.15) is 0 Å². The Hall–Kier alpha value is -6.26. The molecule has 9 rings (SSSR count). The Bertz CT molecular complexity index is 2460. The first-order valence-electron chi connectivity index (χ1n) is 22.5. The highest BCUT2D eigenvalue weighted by Gasteiger charge is 2.41. The number of imidazole rings is 2. The number of hydrogen-bond donors (Lipinski definition) is 4. The van der Waals surface area contributed by atoms with E-state index in [1.54, 1.807) is 0 Å². The molecule has 4 aliphatic heterocycles. The average molecular weight is 873 g/mol. The summed E-state index contributed by atoms with van der Waals surface area (Å²) in [6.45, 7) is 3.42. The molecule has 4 N–H and O–H groups in total. The Morgan fingerprint density at radius 2 is 1.02 bits per heavy atom. The standard InChI is InChI=1S/C48H56N8O8/c1-61-47(59)53-41(31-15-21-63-22-16-31)45(57)55-19-3-5-39(55)43-49-27-37(51-43)30-9-7-29(8-10-30)33-11-12-35-26-36(14-13-34(35)25-33)38-28-50-44(52-38)40-6-4-20-56(40)46(58)42(54-48(60)62-2)32-17-23-64-24-18-32/h7-14,25-28,31-32,39-42H,3-6,15-24H2,1-2H3,(H,49,51)(H,50,52)(H,53,59)(H,54,60)/t39-,40-,41-,42?/m0/s1. The van der Waals surface area contributed by atoms with Crippen molar-refractivity contribution >= 4 is 34.8 Å². The number of amides is 4. The number of nitrogens with zero attached hydrogens (tertiary/aromatic N) is 4. The van der Waals surface area contributed by atoms with Gasteiger partial charge in [0.05, 0.1) is 50.1 Å². The van der Waals surface area contributed by atoms with Crippen molar-refractivity contribution in [3.63, 3.8) is 0 Å². The molecule has 0 aliphatic carbocycles. The molecule has 1 unspecified atom stereocenters. The summed E-state index contributed by atoms with van der Waals surface area (Å²) in [5.74, 6) is 1.18. The zero-order valence-corrected chi connectivity index (χ0v) is 36.3. The first kappa shape index (κ1) is 43.0. The van der Waals surface area contributed by atoms with Crippen LogP contribution in [0.1, 0.15) is 75.1 Å². The third-order valence-corrected chi connectivity index (χ3v) is 13.5. The lowest BCUT2D eigenvalue weighted by Gasteiger charge is -2.34. The van der Waals surface area contributed by atoms with E-state index in [-0.39, 0.29) is 35.7 Å². The Labute approximate surface area is 371 Å². The number of ether oxygens (including phenoxy) is 4. The third-order valence-electron chi connectivity index (χ3n) is 13.5. The summed E-state index contributed by atoms with van der Waals surface area (Å²) in [7, 11) is 2.62. The number of H-pyrrole nitrogens is 2. The van der Waals surface area contributed by atoms with Crippen LogP contribution in [0.5, 0.6) is 0 Å². The van der Waals surface area contributed by atoms with Gasteiger partial charge in [-0.05, 0) is 103 Å². The molecule has 0 saturated carbocycles. The van der Waals surface area contributed by atoms with Gasteiger partial charge in [-0.3, -0.25) is 9.59 Å². The van der Waals surface area contributed by atoms with Gasteiger partial charge in [0.15, 0.2) is 0 Å². The Morgan fingerprint density at radius 1 is 0.594 bits per heavy atom. The van der Waals surface area contributed by atoms with E-state index in [4.69, 9.17) is 28.9 Å². The fourth-order valence-corrected chi connectivity index (χ4v) is 9.96. The number of likely N-dealkylation sites (tertiary alicyclic amines) is 2. The molecule has 4 saturated heterocycles. The number of carbonyl (C=O) groups excluding carboxylic acids is 4. The molecule has 3 aromatic carbocycles. The van der Waals surface area contributed by atoms with Crippen LogP contribution in [0.3, 0.4) is 0 Å². The number of benzene rings is 3. The predicted molar refractivity (Wildman–Crippen MR) is 238 cm³/mol. The summed E-state index contributed by atoms with van der Waals surface area (Å²) in [4.78, 5) is 72.8. The SMILES string of the molecule is COC(=O)NC(C(=O)N1CCC[C@H]1c1ncc(-c2ccc3cc(-c4ccc(-c5cnc([C@@H]6CCCN6C(=O)[C@@H](NC(=O)OC)C6CCOCC6)[nH]5)cc4)ccc3c2)[nH]1)C1CCOCC1. The van der Waals surface area contributed by atoms with Crippen LogP contribution in [0, 0.1) is 11.8 Å². The highest BCUT2D eigenvalue weighted by molar-refractivity contribution is 5.91. The second-order valence-electron chi connectivity index (χ2n) is 17.2. The van der Waals surface area contributed by atoms with E-state index < -0.39 is 24.3 Å². The van der Waals surface area contributed by atoms with Gasteiger partial charge in [0, 0.05) is 45.1 Å². The molecule has 0 radical (unpaired) electrons. The fraction of sp³-hybridized carbons (Fsp3) is 0.458. The van der Waals surface area contributed by atoms with Crippen molar-refractivity contribution in [2.75, 3.05) is 53.7 Å². The number of aromatic amines is 2. The van der Waals surface area contributed by atoms with Gasteiger partial charge in [-0.15, -0.1) is 0 Å². The van der Waals surface area contributed by atoms with Crippen LogP contribution >= 0.6 is 0 Å². The van der Waals surface area contributed by atoms with Crippen LogP contribution in [-0.4, -0.2) is 120 Å². The van der Waals surface area contributed by atoms with E-state index in [1.165, 1.54) is 14.2 Å². The Balaban J connectivity index is 0.862. The molecule has 64 heavy (non-hydrogen) atoms. The summed E-state index contributed by atoms with van der Waals surface area (Å²) < 4.78 is 20.8. The minimum absolute atomic E-state index is 0.0281. The Morgan fingerprint density at radius 3 is 1.50 bits per heavy atom. The second-order valence-corrected chi connectivity index (χ2v) is 17.2. The normalized spacial score (nSPS) is 20.5. The predicted octanol–water partition coefficient (Wildman–Crippen LogP) is 6.92. The molecule has 336 valence electrons. The van der Waals surface area contributed by atoms with Crippen LogP contribution in [0.4, 0.5) is 9.59 Å². The monoisotopic (exact) mass is 872 g/mol. The fourth-order valence-electron chi connectivity index (χ4n) is 9.96. The van der Waals surface area contributed by atoms with Crippen molar-refractivity contribution in [1.29, 1.82) is 0 Å². The van der Waals surface area contributed by atoms with Gasteiger partial charge in [0.25, 0.3) is 0 Å². The van der Waals surface area contributed by atoms with Crippen LogP contribution < -0.4 is 10.6 Å². The van der Waals surface area contributed by atoms with Crippen LogP contribution in [0.25, 0.3) is 44.4 Å². The largest absolute Gasteiger partial charge is 0.453 e. The van der Waals surface area contributed by atoms with Gasteiger partial charge in [-0.25, -0.2) is 19.6 Å². The summed E-state index contributed by atoms with van der Waals surface area (Å²) in [5.41, 5.74) is 5.88. The number of hydrogen-bond acceptors (Lipinski definition) is 10. The van der Waals surface area contributed by atoms with E-state index in [1.807, 2.05) is 22.2 Å². The zero-order chi connectivity index (χ0) is 44.2. The molecular formula is C48H56N8O8. The summed E-state index contributed by atoms with van der Waals surface area (Å²) in [6.07, 6.45) is 8.45. The van der Waals surface area contributed by atoms with Gasteiger partial charge in [0.2, 0.25) is 11.8 Å². The maximum Gasteiger partial charge on any atom is 0.407 e. The maximum atomic E-state index is 14.0. The van der Waals surface area contributed by atoms with E-state index in [2.05, 4.69) is 81.3 Å². The highest BCUT2D eigenvalue weighted by atomic mass is 16.5. The first-order chi connectivity index (χ1) is 31.3. The number of nitrogens with one attached hydrogen (secondary N) is 4. The molecule has 16 heteroatoms. The number of methoxy groups -OCH3 is 2. The molecule has 4 aliphatic rings. The van der Waals surface area contributed by atoms with E-state index in [0.29, 0.717) is 65.2 Å². The van der Waals surface area contributed by atoms with E-state index >= 15 is 0 Å². The summed E-state index contributed by atoms with van der Waals surface area (Å²) in [6, 6.07) is 19.3. The van der Waals surface area contributed by atoms with Gasteiger partial charge >= 0.3 is 12.2 Å². The average Bonchev–Trinajstić information content (AvgIpc) is 4.20. The first-order valence-corrected chi connectivity index (χ1v) is 22.5. The smallest absolute Gasteiger partial charge is 0.407 e. The van der Waals surface area contributed by atoms with Crippen molar-refractivity contribution in [3.8, 4) is 33.6 Å². The maximum absolute atomic E-state index is 14.0. The van der Waals surface area contributed by atoms with Gasteiger partial charge in [0.1, 0.15) is 23.7 Å². The third kappa shape index (κ3) is 9.06. The molecular weight excluding hydrogens is 817 g/mol. The molecule has 16 nitrogen and oxygen atoms in total. The van der Waals surface area contributed by atoms with Crippen molar-refractivity contribution in [3.05, 3.63) is 84.7 Å². The lowest BCUT2D eigenvalue weighted by atomic mass is 9.90. The number of carbonyl (C=O) groups is 4. The van der Waals surface area contributed by atoms with E-state index in [9.17, 15) is 19.2 Å². The molecule has 4 atom stereocenters. The van der Waals surface area contributed by atoms with Crippen LogP contribution in [-0.2, 0) is 28.5 Å². The van der Waals surface area contributed by atoms with E-state index in [0.717, 1.165) is 81.7 Å². The van der Waals surface area contributed by atoms with Gasteiger partial charge in [-0.1, -0.05) is 48.5 Å². The highest BCUT2D eigenvalue weighted by Crippen LogP contribution is 2.37. The molecule has 6 heterocycles. The van der Waals surface area contributed by atoms with Crippen molar-refractivity contribution in [1.82, 2.24) is 40.4 Å². The lowest BCUT2D eigenvalue weighted by molar-refractivity contribution is -0.137. The topological polar surface area (TPSA) is 193 Å². The second kappa shape index (κ2) is 19.2. The minimum atomic E-state index is -0.686. The lowest BCUT2D eigenvalue weighted by Crippen LogP contribution is -2.53. The number of fused-ring (bicyclic) bond motifs is 1. The van der Waals surface area contributed by atoms with Crippen LogP contribution in [0.2, 0.25) is 0 Å². The van der Waals surface area contributed by atoms with Crippen molar-refractivity contribution in [2.24, 2.45) is 11.8 Å². The quantitative estimate of drug-likeness (QED) is 0.108. The number of rotatable bonds is 11. The molecule has 0 spiro atoms. The summed E-state index contributed by atoms with van der Waals surface area (Å²) in [5, 5.41) is 7.83. The van der Waals surface area contributed by atoms with Gasteiger partial charge < -0.3 is 49.3 Å². The zero-order valence-electron chi connectivity index (χ0n) is 36.3. The van der Waals surface area contributed by atoms with Crippen molar-refractivity contribution < 1.29 is 38.1 Å². The minimum Gasteiger partial charge on any atom is -0.453 e. The molecule has 0 bridgehead atoms. The molecule has 2 aromatic heterocycles. The van der Waals surface area contributed by atoms with Crippen LogP contribution in [0.15, 0.2) is 73.1 Å². The summed E-state index contributed by atoms with van der Waals surface area (Å²) >= 11 is 0. The molecule has 4 fully saturated rings.